The summed E-state index contributed by atoms with van der Waals surface area (Å²) >= 11 is 6.10. The van der Waals surface area contributed by atoms with Gasteiger partial charge >= 0.3 is 0 Å². The Morgan fingerprint density at radius 1 is 1.06 bits per heavy atom. The normalized spacial score (nSPS) is 19.5. The van der Waals surface area contributed by atoms with Gasteiger partial charge in [0.25, 0.3) is 0 Å². The third kappa shape index (κ3) is 5.47. The summed E-state index contributed by atoms with van der Waals surface area (Å²) in [6.07, 6.45) is 2.90. The van der Waals surface area contributed by atoms with Crippen LogP contribution in [0.15, 0.2) is 48.5 Å². The van der Waals surface area contributed by atoms with Crippen LogP contribution in [0.4, 0.5) is 11.6 Å². The molecule has 2 fully saturated rings. The number of para-hydroxylation sites is 1. The number of aromatic nitrogens is 2. The number of carbonyl (C=O) groups excluding carboxylic acids is 1. The van der Waals surface area contributed by atoms with Crippen molar-refractivity contribution in [1.82, 2.24) is 20.2 Å². The first-order valence-electron chi connectivity index (χ1n) is 12.4. The first kappa shape index (κ1) is 23.0. The molecular formula is C26H33ClN6O. The number of H-pyrrole nitrogens is 1. The molecule has 34 heavy (non-hydrogen) atoms. The van der Waals surface area contributed by atoms with Crippen LogP contribution in [-0.4, -0.2) is 73.1 Å². The molecule has 2 aliphatic rings. The van der Waals surface area contributed by atoms with Crippen LogP contribution in [0.25, 0.3) is 11.0 Å². The van der Waals surface area contributed by atoms with Gasteiger partial charge in [-0.05, 0) is 56.1 Å². The fourth-order valence-corrected chi connectivity index (χ4v) is 5.20. The minimum atomic E-state index is -0.0000301. The highest BCUT2D eigenvalue weighted by Crippen LogP contribution is 2.25. The van der Waals surface area contributed by atoms with E-state index >= 15 is 0 Å². The van der Waals surface area contributed by atoms with E-state index in [2.05, 4.69) is 55.3 Å². The number of piperazine rings is 1. The second kappa shape index (κ2) is 10.7. The number of anilines is 2. The molecule has 1 aromatic heterocycles. The van der Waals surface area contributed by atoms with E-state index in [1.54, 1.807) is 0 Å². The van der Waals surface area contributed by atoms with Gasteiger partial charge in [-0.3, -0.25) is 9.69 Å². The molecule has 0 saturated carbocycles. The predicted molar refractivity (Wildman–Crippen MR) is 139 cm³/mol. The lowest BCUT2D eigenvalue weighted by atomic mass is 9.97. The summed E-state index contributed by atoms with van der Waals surface area (Å²) in [4.78, 5) is 28.0. The van der Waals surface area contributed by atoms with Crippen molar-refractivity contribution in [2.45, 2.75) is 19.3 Å². The highest BCUT2D eigenvalue weighted by molar-refractivity contribution is 6.31. The number of nitrogens with one attached hydrogen (secondary N) is 2. The molecule has 0 spiro atoms. The van der Waals surface area contributed by atoms with E-state index in [9.17, 15) is 4.79 Å². The Morgan fingerprint density at radius 3 is 2.71 bits per heavy atom. The molecule has 0 radical (unpaired) electrons. The number of benzene rings is 2. The molecule has 2 aromatic carbocycles. The second-order valence-corrected chi connectivity index (χ2v) is 9.75. The molecule has 0 bridgehead atoms. The number of amides is 1. The van der Waals surface area contributed by atoms with Gasteiger partial charge in [0.1, 0.15) is 0 Å². The zero-order valence-corrected chi connectivity index (χ0v) is 20.3. The Hall–Kier alpha value is -2.77. The maximum absolute atomic E-state index is 12.8. The zero-order valence-electron chi connectivity index (χ0n) is 19.5. The quantitative estimate of drug-likeness (QED) is 0.504. The molecule has 3 aromatic rings. The van der Waals surface area contributed by atoms with Gasteiger partial charge in [-0.2, -0.15) is 0 Å². The smallest absolute Gasteiger partial charge is 0.224 e. The van der Waals surface area contributed by atoms with Gasteiger partial charge < -0.3 is 20.1 Å². The SMILES string of the molecule is O=C(NCCCN1CCN(c2ccccc2)CC1)[C@H]1CCCN(c2nc3ccc(Cl)cc3[nH]2)C1. The molecule has 8 heteroatoms. The van der Waals surface area contributed by atoms with Crippen molar-refractivity contribution < 1.29 is 4.79 Å². The van der Waals surface area contributed by atoms with Crippen LogP contribution >= 0.6 is 11.6 Å². The van der Waals surface area contributed by atoms with E-state index < -0.39 is 0 Å². The monoisotopic (exact) mass is 480 g/mol. The fourth-order valence-electron chi connectivity index (χ4n) is 5.03. The molecular weight excluding hydrogens is 448 g/mol. The number of hydrogen-bond donors (Lipinski definition) is 2. The van der Waals surface area contributed by atoms with Gasteiger partial charge in [-0.15, -0.1) is 0 Å². The third-order valence-electron chi connectivity index (χ3n) is 6.97. The molecule has 7 nitrogen and oxygen atoms in total. The molecule has 0 unspecified atom stereocenters. The number of halogens is 1. The summed E-state index contributed by atoms with van der Waals surface area (Å²) in [5.74, 6) is 0.988. The minimum Gasteiger partial charge on any atom is -0.369 e. The number of rotatable bonds is 7. The average Bonchev–Trinajstić information content (AvgIpc) is 3.31. The van der Waals surface area contributed by atoms with Gasteiger partial charge in [-0.1, -0.05) is 29.8 Å². The summed E-state index contributed by atoms with van der Waals surface area (Å²) in [5.41, 5.74) is 3.14. The van der Waals surface area contributed by atoms with E-state index in [-0.39, 0.29) is 11.8 Å². The van der Waals surface area contributed by atoms with Crippen molar-refractivity contribution in [2.75, 3.05) is 62.2 Å². The molecule has 0 aliphatic carbocycles. The largest absolute Gasteiger partial charge is 0.369 e. The van der Waals surface area contributed by atoms with Crippen molar-refractivity contribution in [1.29, 1.82) is 0 Å². The van der Waals surface area contributed by atoms with Crippen molar-refractivity contribution in [3.8, 4) is 0 Å². The van der Waals surface area contributed by atoms with Gasteiger partial charge in [0.05, 0.1) is 17.0 Å². The van der Waals surface area contributed by atoms with E-state index in [0.29, 0.717) is 11.6 Å². The Balaban J connectivity index is 1.04. The molecule has 180 valence electrons. The first-order valence-corrected chi connectivity index (χ1v) is 12.7. The van der Waals surface area contributed by atoms with Crippen molar-refractivity contribution in [3.63, 3.8) is 0 Å². The maximum atomic E-state index is 12.8. The van der Waals surface area contributed by atoms with Crippen LogP contribution in [0.3, 0.4) is 0 Å². The van der Waals surface area contributed by atoms with Crippen LogP contribution in [0.2, 0.25) is 5.02 Å². The maximum Gasteiger partial charge on any atom is 0.224 e. The molecule has 2 N–H and O–H groups in total. The van der Waals surface area contributed by atoms with Gasteiger partial charge in [0, 0.05) is 56.5 Å². The lowest BCUT2D eigenvalue weighted by Crippen LogP contribution is -2.47. The highest BCUT2D eigenvalue weighted by Gasteiger charge is 2.27. The Morgan fingerprint density at radius 2 is 1.88 bits per heavy atom. The Labute approximate surface area is 206 Å². The van der Waals surface area contributed by atoms with E-state index in [0.717, 1.165) is 82.1 Å². The standard InChI is InChI=1S/C26H33ClN6O/c27-21-9-10-23-24(18-21)30-26(29-23)33-13-4-6-20(19-33)25(34)28-11-5-12-31-14-16-32(17-15-31)22-7-2-1-3-8-22/h1-3,7-10,18,20H,4-6,11-17,19H2,(H,28,34)(H,29,30)/t20-/m0/s1. The number of imidazole rings is 1. The van der Waals surface area contributed by atoms with E-state index in [4.69, 9.17) is 16.6 Å². The van der Waals surface area contributed by atoms with E-state index in [1.165, 1.54) is 5.69 Å². The molecule has 2 saturated heterocycles. The lowest BCUT2D eigenvalue weighted by Gasteiger charge is -2.36. The van der Waals surface area contributed by atoms with Gasteiger partial charge in [-0.25, -0.2) is 4.98 Å². The molecule has 1 atom stereocenters. The molecule has 5 rings (SSSR count). The first-order chi connectivity index (χ1) is 16.7. The Bertz CT molecular complexity index is 1100. The molecule has 2 aliphatic heterocycles. The summed E-state index contributed by atoms with van der Waals surface area (Å²) in [5, 5.41) is 3.87. The molecule has 3 heterocycles. The average molecular weight is 481 g/mol. The summed E-state index contributed by atoms with van der Waals surface area (Å²) in [7, 11) is 0. The number of nitrogens with zero attached hydrogens (tertiary/aromatic N) is 4. The van der Waals surface area contributed by atoms with Crippen LogP contribution in [0.1, 0.15) is 19.3 Å². The summed E-state index contributed by atoms with van der Waals surface area (Å²) < 4.78 is 0. The van der Waals surface area contributed by atoms with Crippen molar-refractivity contribution in [2.24, 2.45) is 5.92 Å². The number of carbonyl (C=O) groups is 1. The number of aromatic amines is 1. The predicted octanol–water partition coefficient (Wildman–Crippen LogP) is 3.76. The molecule has 1 amide bonds. The van der Waals surface area contributed by atoms with Crippen LogP contribution in [0.5, 0.6) is 0 Å². The lowest BCUT2D eigenvalue weighted by molar-refractivity contribution is -0.125. The van der Waals surface area contributed by atoms with E-state index in [1.807, 2.05) is 18.2 Å². The van der Waals surface area contributed by atoms with Crippen LogP contribution in [-0.2, 0) is 4.79 Å². The third-order valence-corrected chi connectivity index (χ3v) is 7.20. The van der Waals surface area contributed by atoms with Gasteiger partial charge in [0.2, 0.25) is 11.9 Å². The summed E-state index contributed by atoms with van der Waals surface area (Å²) in [6.45, 7) is 7.63. The Kier molecular flexibility index (Phi) is 7.21. The second-order valence-electron chi connectivity index (χ2n) is 9.32. The van der Waals surface area contributed by atoms with Crippen molar-refractivity contribution in [3.05, 3.63) is 53.6 Å². The highest BCUT2D eigenvalue weighted by atomic mass is 35.5. The number of hydrogen-bond acceptors (Lipinski definition) is 5. The van der Waals surface area contributed by atoms with Crippen LogP contribution in [0, 0.1) is 5.92 Å². The number of piperidine rings is 1. The van der Waals surface area contributed by atoms with Crippen LogP contribution < -0.4 is 15.1 Å². The number of fused-ring (bicyclic) bond motifs is 1. The minimum absolute atomic E-state index is 0.0000301. The zero-order chi connectivity index (χ0) is 23.3. The summed E-state index contributed by atoms with van der Waals surface area (Å²) in [6, 6.07) is 16.3. The van der Waals surface area contributed by atoms with Crippen molar-refractivity contribution >= 4 is 40.2 Å². The van der Waals surface area contributed by atoms with Gasteiger partial charge in [0.15, 0.2) is 0 Å². The topological polar surface area (TPSA) is 67.5 Å². The fraction of sp³-hybridized carbons (Fsp3) is 0.462.